The van der Waals surface area contributed by atoms with Gasteiger partial charge in [0.1, 0.15) is 0 Å². The van der Waals surface area contributed by atoms with Gasteiger partial charge in [-0.25, -0.2) is 0 Å². The summed E-state index contributed by atoms with van der Waals surface area (Å²) in [5, 5.41) is 3.83. The minimum absolute atomic E-state index is 0.168. The minimum atomic E-state index is -0.168. The van der Waals surface area contributed by atoms with Crippen molar-refractivity contribution < 1.29 is 13.9 Å². The van der Waals surface area contributed by atoms with E-state index in [1.807, 2.05) is 18.2 Å². The zero-order chi connectivity index (χ0) is 17.6. The van der Waals surface area contributed by atoms with Crippen LogP contribution in [-0.2, 0) is 0 Å². The summed E-state index contributed by atoms with van der Waals surface area (Å²) in [5.74, 6) is 0.810. The second-order valence-electron chi connectivity index (χ2n) is 6.87. The number of benzene rings is 1. The predicted molar refractivity (Wildman–Crippen MR) is 99.2 cm³/mol. The van der Waals surface area contributed by atoms with Gasteiger partial charge in [-0.3, -0.25) is 4.79 Å². The summed E-state index contributed by atoms with van der Waals surface area (Å²) in [6, 6.07) is 8.11. The van der Waals surface area contributed by atoms with Crippen LogP contribution >= 0.6 is 0 Å². The van der Waals surface area contributed by atoms with Gasteiger partial charge < -0.3 is 19.4 Å². The monoisotopic (exact) mass is 344 g/mol. The molecule has 1 aliphatic carbocycles. The van der Waals surface area contributed by atoms with Gasteiger partial charge in [-0.1, -0.05) is 31.4 Å². The normalized spacial score (nSPS) is 15.6. The quantitative estimate of drug-likeness (QED) is 0.776. The van der Waals surface area contributed by atoms with Crippen LogP contribution in [0.5, 0.6) is 5.75 Å². The van der Waals surface area contributed by atoms with E-state index in [1.54, 1.807) is 13.2 Å². The lowest BCUT2D eigenvalue weighted by atomic mass is 9.94. The van der Waals surface area contributed by atoms with E-state index in [-0.39, 0.29) is 5.91 Å². The summed E-state index contributed by atoms with van der Waals surface area (Å²) in [5.41, 5.74) is 0.618. The van der Waals surface area contributed by atoms with Crippen LogP contribution < -0.4 is 10.1 Å². The number of nitrogens with zero attached hydrogens (tertiary/aromatic N) is 1. The molecule has 5 nitrogen and oxygen atoms in total. The highest BCUT2D eigenvalue weighted by Crippen LogP contribution is 2.28. The van der Waals surface area contributed by atoms with Crippen molar-refractivity contribution in [2.24, 2.45) is 0 Å². The molecule has 136 valence electrons. The molecule has 1 aliphatic rings. The molecule has 0 radical (unpaired) electrons. The molecule has 1 amide bonds. The van der Waals surface area contributed by atoms with Gasteiger partial charge in [0, 0.05) is 18.0 Å². The first-order chi connectivity index (χ1) is 12.2. The van der Waals surface area contributed by atoms with E-state index < -0.39 is 0 Å². The van der Waals surface area contributed by atoms with Crippen molar-refractivity contribution >= 4 is 16.9 Å². The molecular weight excluding hydrogens is 316 g/mol. The lowest BCUT2D eigenvalue weighted by Gasteiger charge is -2.31. The molecule has 1 saturated carbocycles. The number of hydrogen-bond donors (Lipinski definition) is 1. The Kier molecular flexibility index (Phi) is 5.97. The number of para-hydroxylation sites is 1. The zero-order valence-electron chi connectivity index (χ0n) is 15.2. The molecule has 0 aliphatic heterocycles. The van der Waals surface area contributed by atoms with Crippen LogP contribution in [0.25, 0.3) is 11.0 Å². The van der Waals surface area contributed by atoms with Crippen molar-refractivity contribution in [1.82, 2.24) is 10.2 Å². The van der Waals surface area contributed by atoms with Crippen LogP contribution in [0.3, 0.4) is 0 Å². The first-order valence-electron chi connectivity index (χ1n) is 9.24. The van der Waals surface area contributed by atoms with Crippen LogP contribution in [0, 0.1) is 0 Å². The summed E-state index contributed by atoms with van der Waals surface area (Å²) >= 11 is 0. The molecule has 1 heterocycles. The van der Waals surface area contributed by atoms with E-state index in [0.29, 0.717) is 29.7 Å². The number of carbonyl (C=O) groups excluding carboxylic acids is 1. The third kappa shape index (κ3) is 4.34. The van der Waals surface area contributed by atoms with E-state index >= 15 is 0 Å². The van der Waals surface area contributed by atoms with Gasteiger partial charge in [-0.15, -0.1) is 0 Å². The fourth-order valence-electron chi connectivity index (χ4n) is 3.63. The first kappa shape index (κ1) is 17.8. The molecule has 0 bridgehead atoms. The third-order valence-electron chi connectivity index (χ3n) is 5.12. The molecule has 25 heavy (non-hydrogen) atoms. The number of rotatable bonds is 7. The summed E-state index contributed by atoms with van der Waals surface area (Å²) < 4.78 is 10.9. The Morgan fingerprint density at radius 1 is 1.32 bits per heavy atom. The lowest BCUT2D eigenvalue weighted by molar-refractivity contribution is 0.0925. The molecule has 0 atom stereocenters. The van der Waals surface area contributed by atoms with Crippen molar-refractivity contribution in [2.75, 3.05) is 27.2 Å². The van der Waals surface area contributed by atoms with E-state index in [1.165, 1.54) is 32.1 Å². The Bertz CT molecular complexity index is 704. The Hall–Kier alpha value is -2.01. The number of nitrogens with one attached hydrogen (secondary N) is 1. The molecule has 1 aromatic carbocycles. The lowest BCUT2D eigenvalue weighted by Crippen LogP contribution is -2.35. The van der Waals surface area contributed by atoms with Crippen LogP contribution in [-0.4, -0.2) is 44.1 Å². The first-order valence-corrected chi connectivity index (χ1v) is 9.24. The van der Waals surface area contributed by atoms with Crippen molar-refractivity contribution in [3.63, 3.8) is 0 Å². The minimum Gasteiger partial charge on any atom is -0.493 e. The van der Waals surface area contributed by atoms with Crippen LogP contribution in [0.1, 0.15) is 49.1 Å². The zero-order valence-corrected chi connectivity index (χ0v) is 15.2. The van der Waals surface area contributed by atoms with Crippen molar-refractivity contribution in [1.29, 1.82) is 0 Å². The average Bonchev–Trinajstić information content (AvgIpc) is 3.10. The Balaban J connectivity index is 1.48. The summed E-state index contributed by atoms with van der Waals surface area (Å²) in [6.07, 6.45) is 7.64. The number of ether oxygens (including phenoxy) is 1. The summed E-state index contributed by atoms with van der Waals surface area (Å²) in [6.45, 7) is 1.67. The third-order valence-corrected chi connectivity index (χ3v) is 5.12. The van der Waals surface area contributed by atoms with Gasteiger partial charge in [-0.2, -0.15) is 0 Å². The molecule has 3 rings (SSSR count). The number of amides is 1. The van der Waals surface area contributed by atoms with Crippen LogP contribution in [0.2, 0.25) is 0 Å². The van der Waals surface area contributed by atoms with E-state index in [0.717, 1.165) is 18.4 Å². The van der Waals surface area contributed by atoms with Crippen molar-refractivity contribution in [2.45, 2.75) is 44.6 Å². The fraction of sp³-hybridized carbons (Fsp3) is 0.550. The molecule has 2 aromatic rings. The smallest absolute Gasteiger partial charge is 0.287 e. The Morgan fingerprint density at radius 3 is 2.88 bits per heavy atom. The maximum absolute atomic E-state index is 12.3. The molecule has 0 spiro atoms. The highest BCUT2D eigenvalue weighted by Gasteiger charge is 2.18. The van der Waals surface area contributed by atoms with Gasteiger partial charge in [-0.05, 0) is 45.0 Å². The highest BCUT2D eigenvalue weighted by atomic mass is 16.5. The molecule has 5 heteroatoms. The van der Waals surface area contributed by atoms with Gasteiger partial charge in [0.2, 0.25) is 0 Å². The van der Waals surface area contributed by atoms with E-state index in [4.69, 9.17) is 9.15 Å². The summed E-state index contributed by atoms with van der Waals surface area (Å²) in [7, 11) is 3.79. The van der Waals surface area contributed by atoms with Crippen molar-refractivity contribution in [3.8, 4) is 5.75 Å². The Morgan fingerprint density at radius 2 is 2.12 bits per heavy atom. The topological polar surface area (TPSA) is 54.7 Å². The van der Waals surface area contributed by atoms with Crippen LogP contribution in [0.4, 0.5) is 0 Å². The molecule has 1 fully saturated rings. The van der Waals surface area contributed by atoms with Gasteiger partial charge in [0.05, 0.1) is 7.11 Å². The van der Waals surface area contributed by atoms with Crippen LogP contribution in [0.15, 0.2) is 28.7 Å². The maximum Gasteiger partial charge on any atom is 0.287 e. The highest BCUT2D eigenvalue weighted by molar-refractivity contribution is 5.97. The second-order valence-corrected chi connectivity index (χ2v) is 6.87. The number of furan rings is 1. The number of hydrogen-bond acceptors (Lipinski definition) is 4. The molecule has 0 unspecified atom stereocenters. The molecule has 1 N–H and O–H groups in total. The van der Waals surface area contributed by atoms with Gasteiger partial charge in [0.25, 0.3) is 5.91 Å². The average molecular weight is 344 g/mol. The second kappa shape index (κ2) is 8.39. The largest absolute Gasteiger partial charge is 0.493 e. The number of methoxy groups -OCH3 is 1. The Labute approximate surface area is 149 Å². The molecule has 0 saturated heterocycles. The van der Waals surface area contributed by atoms with Crippen molar-refractivity contribution in [3.05, 3.63) is 30.0 Å². The predicted octanol–water partition coefficient (Wildman–Crippen LogP) is 3.83. The number of carbonyl (C=O) groups is 1. The van der Waals surface area contributed by atoms with E-state index in [2.05, 4.69) is 17.3 Å². The van der Waals surface area contributed by atoms with Gasteiger partial charge >= 0.3 is 0 Å². The number of fused-ring (bicyclic) bond motifs is 1. The maximum atomic E-state index is 12.3. The molecule has 1 aromatic heterocycles. The SMILES string of the molecule is COc1cccc2cc(C(=O)NCCCN(C)C3CCCCC3)oc12. The standard InChI is InChI=1S/C20H28N2O3/c1-22(16-9-4-3-5-10-16)13-7-12-21-20(23)18-14-15-8-6-11-17(24-2)19(15)25-18/h6,8,11,14,16H,3-5,7,9-10,12-13H2,1-2H3,(H,21,23). The fourth-order valence-corrected chi connectivity index (χ4v) is 3.63. The van der Waals surface area contributed by atoms with E-state index in [9.17, 15) is 4.79 Å². The summed E-state index contributed by atoms with van der Waals surface area (Å²) in [4.78, 5) is 14.7. The van der Waals surface area contributed by atoms with Gasteiger partial charge in [0.15, 0.2) is 17.1 Å². The molecular formula is C20H28N2O3.